The predicted octanol–water partition coefficient (Wildman–Crippen LogP) is 3.03. The number of hydrogen-bond acceptors (Lipinski definition) is 4. The maximum Gasteiger partial charge on any atom is 0.255 e. The number of carbonyl (C=O) groups is 2. The highest BCUT2D eigenvalue weighted by atomic mass is 32.2. The molecule has 8 heteroatoms. The maximum absolute atomic E-state index is 12.7. The van der Waals surface area contributed by atoms with Gasteiger partial charge in [0.2, 0.25) is 10.0 Å². The van der Waals surface area contributed by atoms with Gasteiger partial charge in [-0.15, -0.1) is 0 Å². The molecule has 0 saturated carbocycles. The van der Waals surface area contributed by atoms with Crippen molar-refractivity contribution in [2.75, 3.05) is 29.5 Å². The number of nitrogens with one attached hydrogen (secondary N) is 2. The van der Waals surface area contributed by atoms with Crippen molar-refractivity contribution in [3.8, 4) is 0 Å². The van der Waals surface area contributed by atoms with Crippen molar-refractivity contribution in [2.45, 2.75) is 20.8 Å². The van der Waals surface area contributed by atoms with Crippen LogP contribution in [0.25, 0.3) is 0 Å². The second-order valence-electron chi connectivity index (χ2n) is 7.34. The van der Waals surface area contributed by atoms with Crippen LogP contribution in [0, 0.1) is 12.8 Å². The fourth-order valence-electron chi connectivity index (χ4n) is 2.71. The Hall–Kier alpha value is -2.87. The van der Waals surface area contributed by atoms with Gasteiger partial charge in [0.25, 0.3) is 11.8 Å². The van der Waals surface area contributed by atoms with Gasteiger partial charge in [0, 0.05) is 19.2 Å². The Labute approximate surface area is 172 Å². The lowest BCUT2D eigenvalue weighted by atomic mass is 10.1. The van der Waals surface area contributed by atoms with E-state index in [9.17, 15) is 18.0 Å². The summed E-state index contributed by atoms with van der Waals surface area (Å²) in [5.74, 6) is -0.325. The molecular weight excluding hydrogens is 390 g/mol. The number of amides is 2. The summed E-state index contributed by atoms with van der Waals surface area (Å²) in [6.07, 6.45) is 1.12. The first-order valence-electron chi connectivity index (χ1n) is 9.24. The van der Waals surface area contributed by atoms with E-state index in [1.54, 1.807) is 49.4 Å². The predicted molar refractivity (Wildman–Crippen MR) is 116 cm³/mol. The number of rotatable bonds is 7. The molecule has 0 aromatic heterocycles. The smallest absolute Gasteiger partial charge is 0.255 e. The van der Waals surface area contributed by atoms with Crippen LogP contribution in [0.2, 0.25) is 0 Å². The molecule has 29 heavy (non-hydrogen) atoms. The fraction of sp³-hybridized carbons (Fsp3) is 0.333. The second kappa shape index (κ2) is 9.09. The third-order valence-electron chi connectivity index (χ3n) is 4.39. The lowest BCUT2D eigenvalue weighted by Gasteiger charge is -2.19. The van der Waals surface area contributed by atoms with Crippen molar-refractivity contribution < 1.29 is 18.0 Å². The molecule has 0 aliphatic rings. The average molecular weight is 418 g/mol. The second-order valence-corrected chi connectivity index (χ2v) is 9.35. The van der Waals surface area contributed by atoms with Gasteiger partial charge in [-0.2, -0.15) is 0 Å². The number of sulfonamides is 1. The van der Waals surface area contributed by atoms with Gasteiger partial charge in [0.1, 0.15) is 0 Å². The third-order valence-corrected chi connectivity index (χ3v) is 5.58. The Morgan fingerprint density at radius 2 is 1.72 bits per heavy atom. The standard InChI is InChI=1S/C21H27N3O4S/c1-14(2)13-22-21(26)17-8-6-7-9-18(17)23-20(25)16-10-11-19(15(3)12-16)24(4)29(5,27)28/h6-12,14H,13H2,1-5H3,(H,22,26)(H,23,25). The lowest BCUT2D eigenvalue weighted by molar-refractivity contribution is 0.0950. The fourth-order valence-corrected chi connectivity index (χ4v) is 3.27. The van der Waals surface area contributed by atoms with Crippen LogP contribution in [0.15, 0.2) is 42.5 Å². The summed E-state index contributed by atoms with van der Waals surface area (Å²) >= 11 is 0. The number of hydrogen-bond donors (Lipinski definition) is 2. The van der Waals surface area contributed by atoms with E-state index in [1.807, 2.05) is 13.8 Å². The Kier molecular flexibility index (Phi) is 7.02. The zero-order chi connectivity index (χ0) is 21.8. The summed E-state index contributed by atoms with van der Waals surface area (Å²) in [5, 5.41) is 5.61. The van der Waals surface area contributed by atoms with Gasteiger partial charge < -0.3 is 10.6 Å². The normalized spacial score (nSPS) is 11.2. The molecule has 2 aromatic carbocycles. The first-order valence-corrected chi connectivity index (χ1v) is 11.1. The Morgan fingerprint density at radius 3 is 2.31 bits per heavy atom. The zero-order valence-corrected chi connectivity index (χ0v) is 18.1. The van der Waals surface area contributed by atoms with Gasteiger partial charge in [-0.1, -0.05) is 26.0 Å². The highest BCUT2D eigenvalue weighted by Gasteiger charge is 2.17. The van der Waals surface area contributed by atoms with E-state index in [-0.39, 0.29) is 11.8 Å². The van der Waals surface area contributed by atoms with Gasteiger partial charge in [0.05, 0.1) is 23.2 Å². The molecule has 0 fully saturated rings. The summed E-state index contributed by atoms with van der Waals surface area (Å²) in [6.45, 7) is 6.28. The van der Waals surface area contributed by atoms with Crippen LogP contribution in [0.1, 0.15) is 40.1 Å². The van der Waals surface area contributed by atoms with Gasteiger partial charge in [-0.05, 0) is 48.7 Å². The molecule has 0 saturated heterocycles. The Morgan fingerprint density at radius 1 is 1.07 bits per heavy atom. The number of benzene rings is 2. The van der Waals surface area contributed by atoms with E-state index in [4.69, 9.17) is 0 Å². The zero-order valence-electron chi connectivity index (χ0n) is 17.3. The molecule has 2 N–H and O–H groups in total. The molecule has 2 amide bonds. The Balaban J connectivity index is 2.23. The number of para-hydroxylation sites is 1. The van der Waals surface area contributed by atoms with Gasteiger partial charge >= 0.3 is 0 Å². The van der Waals surface area contributed by atoms with Crippen LogP contribution in [0.4, 0.5) is 11.4 Å². The molecule has 0 radical (unpaired) electrons. The molecule has 0 aliphatic carbocycles. The molecule has 0 aliphatic heterocycles. The van der Waals surface area contributed by atoms with E-state index >= 15 is 0 Å². The molecule has 0 spiro atoms. The lowest BCUT2D eigenvalue weighted by Crippen LogP contribution is -2.28. The number of nitrogens with zero attached hydrogens (tertiary/aromatic N) is 1. The summed E-state index contributed by atoms with van der Waals surface area (Å²) in [6, 6.07) is 11.6. The van der Waals surface area contributed by atoms with Crippen LogP contribution < -0.4 is 14.9 Å². The summed E-state index contributed by atoms with van der Waals surface area (Å²) in [5.41, 5.74) is 2.30. The van der Waals surface area contributed by atoms with Crippen molar-refractivity contribution in [3.63, 3.8) is 0 Å². The van der Waals surface area contributed by atoms with Crippen LogP contribution in [-0.4, -0.2) is 40.1 Å². The minimum absolute atomic E-state index is 0.254. The molecule has 0 bridgehead atoms. The van der Waals surface area contributed by atoms with E-state index < -0.39 is 10.0 Å². The van der Waals surface area contributed by atoms with Crippen LogP contribution in [-0.2, 0) is 10.0 Å². The van der Waals surface area contributed by atoms with E-state index in [0.717, 1.165) is 6.26 Å². The first kappa shape index (κ1) is 22.4. The molecule has 2 rings (SSSR count). The van der Waals surface area contributed by atoms with Crippen molar-refractivity contribution >= 4 is 33.2 Å². The molecule has 7 nitrogen and oxygen atoms in total. The van der Waals surface area contributed by atoms with Crippen LogP contribution >= 0.6 is 0 Å². The molecule has 0 unspecified atom stereocenters. The number of carbonyl (C=O) groups excluding carboxylic acids is 2. The van der Waals surface area contributed by atoms with Crippen LogP contribution in [0.5, 0.6) is 0 Å². The third kappa shape index (κ3) is 5.80. The van der Waals surface area contributed by atoms with Gasteiger partial charge in [-0.3, -0.25) is 13.9 Å². The van der Waals surface area contributed by atoms with Crippen molar-refractivity contribution in [3.05, 3.63) is 59.2 Å². The molecule has 2 aromatic rings. The monoisotopic (exact) mass is 417 g/mol. The van der Waals surface area contributed by atoms with E-state index in [0.29, 0.717) is 40.5 Å². The van der Waals surface area contributed by atoms with E-state index in [1.165, 1.54) is 11.4 Å². The SMILES string of the molecule is Cc1cc(C(=O)Nc2ccccc2C(=O)NCC(C)C)ccc1N(C)S(C)(=O)=O. The first-order chi connectivity index (χ1) is 13.5. The minimum Gasteiger partial charge on any atom is -0.352 e. The van der Waals surface area contributed by atoms with Crippen LogP contribution in [0.3, 0.4) is 0 Å². The van der Waals surface area contributed by atoms with E-state index in [2.05, 4.69) is 10.6 Å². The Bertz CT molecular complexity index is 1020. The van der Waals surface area contributed by atoms with Crippen molar-refractivity contribution in [1.29, 1.82) is 0 Å². The quantitative estimate of drug-likeness (QED) is 0.724. The maximum atomic E-state index is 12.7. The van der Waals surface area contributed by atoms with Gasteiger partial charge in [0.15, 0.2) is 0 Å². The summed E-state index contributed by atoms with van der Waals surface area (Å²) in [4.78, 5) is 25.1. The average Bonchev–Trinajstić information content (AvgIpc) is 2.65. The van der Waals surface area contributed by atoms with Crippen molar-refractivity contribution in [1.82, 2.24) is 5.32 Å². The van der Waals surface area contributed by atoms with Gasteiger partial charge in [-0.25, -0.2) is 8.42 Å². The van der Waals surface area contributed by atoms with Crippen molar-refractivity contribution in [2.24, 2.45) is 5.92 Å². The molecular formula is C21H27N3O4S. The number of anilines is 2. The molecule has 0 atom stereocenters. The topological polar surface area (TPSA) is 95.6 Å². The highest BCUT2D eigenvalue weighted by Crippen LogP contribution is 2.23. The highest BCUT2D eigenvalue weighted by molar-refractivity contribution is 7.92. The minimum atomic E-state index is -3.40. The largest absolute Gasteiger partial charge is 0.352 e. The summed E-state index contributed by atoms with van der Waals surface area (Å²) in [7, 11) is -1.94. The summed E-state index contributed by atoms with van der Waals surface area (Å²) < 4.78 is 24.7. The molecule has 0 heterocycles. The number of aryl methyl sites for hydroxylation is 1. The molecule has 156 valence electrons.